The summed E-state index contributed by atoms with van der Waals surface area (Å²) in [4.78, 5) is 22.6. The highest BCUT2D eigenvalue weighted by Crippen LogP contribution is 2.21. The fraction of sp³-hybridized carbons (Fsp3) is 0.231. The molecule has 0 radical (unpaired) electrons. The lowest BCUT2D eigenvalue weighted by molar-refractivity contribution is -0.119. The number of rotatable bonds is 5. The fourth-order valence-corrected chi connectivity index (χ4v) is 2.09. The third-order valence-electron chi connectivity index (χ3n) is 2.65. The van der Waals surface area contributed by atoms with E-state index in [4.69, 9.17) is 4.74 Å². The number of nitrogens with zero attached hydrogens (tertiary/aromatic N) is 2. The molecule has 1 aromatic carbocycles. The molecule has 0 aliphatic carbocycles. The van der Waals surface area contributed by atoms with E-state index in [9.17, 15) is 9.59 Å². The Labute approximate surface area is 129 Å². The summed E-state index contributed by atoms with van der Waals surface area (Å²) in [5, 5.41) is 7.61. The Morgan fingerprint density at radius 1 is 1.62 bits per heavy atom. The van der Waals surface area contributed by atoms with Gasteiger partial charge in [-0.2, -0.15) is 10.2 Å². The van der Waals surface area contributed by atoms with Crippen LogP contribution in [0.3, 0.4) is 0 Å². The topological polar surface area (TPSA) is 92.2 Å². The average Bonchev–Trinajstić information content (AvgIpc) is 2.84. The first-order chi connectivity index (χ1) is 10.1. The second-order valence-electron chi connectivity index (χ2n) is 4.25. The summed E-state index contributed by atoms with van der Waals surface area (Å²) in [5.74, 6) is 0.0989. The molecule has 0 saturated heterocycles. The van der Waals surface area contributed by atoms with Gasteiger partial charge in [-0.3, -0.25) is 9.59 Å². The lowest BCUT2D eigenvalue weighted by Gasteiger charge is -2.04. The molecule has 1 aliphatic rings. The van der Waals surface area contributed by atoms with Crippen LogP contribution in [0.2, 0.25) is 0 Å². The molecule has 0 spiro atoms. The summed E-state index contributed by atoms with van der Waals surface area (Å²) in [6.07, 6.45) is 1.67. The predicted molar refractivity (Wildman–Crippen MR) is 81.2 cm³/mol. The lowest BCUT2D eigenvalue weighted by atomic mass is 10.2. The second-order valence-corrected chi connectivity index (χ2v) is 5.16. The molecule has 2 rings (SSSR count). The number of hydrogen-bond donors (Lipinski definition) is 2. The van der Waals surface area contributed by atoms with Gasteiger partial charge in [-0.15, -0.1) is 0 Å². The maximum Gasteiger partial charge on any atom is 0.245 e. The van der Waals surface area contributed by atoms with Crippen molar-refractivity contribution >= 4 is 39.7 Å². The van der Waals surface area contributed by atoms with Gasteiger partial charge in [0.05, 0.1) is 31.9 Å². The Hall–Kier alpha value is -2.22. The molecule has 1 aromatic rings. The molecule has 0 saturated carbocycles. The maximum absolute atomic E-state index is 11.6. The van der Waals surface area contributed by atoms with Crippen LogP contribution < -0.4 is 15.6 Å². The third-order valence-corrected chi connectivity index (χ3v) is 3.15. The molecular weight excluding hydrogens is 340 g/mol. The number of halogens is 1. The smallest absolute Gasteiger partial charge is 0.245 e. The van der Waals surface area contributed by atoms with Crippen molar-refractivity contribution in [3.05, 3.63) is 28.2 Å². The Balaban J connectivity index is 1.91. The molecule has 0 bridgehead atoms. The van der Waals surface area contributed by atoms with Crippen molar-refractivity contribution in [2.45, 2.75) is 12.8 Å². The van der Waals surface area contributed by atoms with E-state index in [0.717, 1.165) is 10.0 Å². The Morgan fingerprint density at radius 2 is 2.43 bits per heavy atom. The first kappa shape index (κ1) is 15.2. The standard InChI is InChI=1S/C13H13BrN4O3/c1-21-11-3-2-9(14)4-8(11)7-15-17-12(19)5-10-6-13(20)18-16-10/h2-4,7H,5-6H2,1H3,(H,17,19)(H,18,20)/b15-7+. The Bertz CT molecular complexity index is 628. The number of carbonyl (C=O) groups excluding carboxylic acids is 2. The minimum atomic E-state index is -0.338. The van der Waals surface area contributed by atoms with Crippen molar-refractivity contribution in [3.8, 4) is 5.75 Å². The summed E-state index contributed by atoms with van der Waals surface area (Å²) in [6.45, 7) is 0. The summed E-state index contributed by atoms with van der Waals surface area (Å²) < 4.78 is 6.06. The van der Waals surface area contributed by atoms with Crippen LogP contribution in [0.4, 0.5) is 0 Å². The number of methoxy groups -OCH3 is 1. The van der Waals surface area contributed by atoms with Crippen LogP contribution in [-0.4, -0.2) is 30.9 Å². The third kappa shape index (κ3) is 4.38. The molecule has 2 amide bonds. The average molecular weight is 353 g/mol. The van der Waals surface area contributed by atoms with Gasteiger partial charge in [0.25, 0.3) is 0 Å². The highest BCUT2D eigenvalue weighted by atomic mass is 79.9. The van der Waals surface area contributed by atoms with Gasteiger partial charge < -0.3 is 4.74 Å². The lowest BCUT2D eigenvalue weighted by Crippen LogP contribution is -2.20. The van der Waals surface area contributed by atoms with E-state index in [1.54, 1.807) is 13.2 Å². The van der Waals surface area contributed by atoms with Gasteiger partial charge in [-0.25, -0.2) is 10.9 Å². The Morgan fingerprint density at radius 3 is 3.10 bits per heavy atom. The number of amides is 2. The quantitative estimate of drug-likeness (QED) is 0.615. The zero-order valence-electron chi connectivity index (χ0n) is 11.2. The van der Waals surface area contributed by atoms with E-state index in [-0.39, 0.29) is 24.7 Å². The highest BCUT2D eigenvalue weighted by molar-refractivity contribution is 9.10. The summed E-state index contributed by atoms with van der Waals surface area (Å²) >= 11 is 3.35. The van der Waals surface area contributed by atoms with Crippen molar-refractivity contribution < 1.29 is 14.3 Å². The normalized spacial score (nSPS) is 14.0. The van der Waals surface area contributed by atoms with Crippen LogP contribution in [0, 0.1) is 0 Å². The first-order valence-corrected chi connectivity index (χ1v) is 6.87. The fourth-order valence-electron chi connectivity index (χ4n) is 1.71. The van der Waals surface area contributed by atoms with Crippen molar-refractivity contribution in [2.24, 2.45) is 10.2 Å². The van der Waals surface area contributed by atoms with Crippen molar-refractivity contribution in [2.75, 3.05) is 7.11 Å². The summed E-state index contributed by atoms with van der Waals surface area (Å²) in [7, 11) is 1.56. The van der Waals surface area contributed by atoms with Crippen molar-refractivity contribution in [1.29, 1.82) is 0 Å². The second kappa shape index (κ2) is 6.98. The van der Waals surface area contributed by atoms with Crippen LogP contribution in [-0.2, 0) is 9.59 Å². The zero-order chi connectivity index (χ0) is 15.2. The number of hydrazone groups is 2. The molecular formula is C13H13BrN4O3. The SMILES string of the molecule is COc1ccc(Br)cc1/C=N/NC(=O)CC1=NNC(=O)C1. The van der Waals surface area contributed by atoms with E-state index < -0.39 is 0 Å². The summed E-state index contributed by atoms with van der Waals surface area (Å²) in [5.41, 5.74) is 5.89. The molecule has 0 aromatic heterocycles. The number of carbonyl (C=O) groups is 2. The molecule has 2 N–H and O–H groups in total. The van der Waals surface area contributed by atoms with E-state index >= 15 is 0 Å². The molecule has 0 atom stereocenters. The van der Waals surface area contributed by atoms with Crippen LogP contribution >= 0.6 is 15.9 Å². The largest absolute Gasteiger partial charge is 0.496 e. The molecule has 21 heavy (non-hydrogen) atoms. The number of hydrogen-bond acceptors (Lipinski definition) is 5. The molecule has 1 heterocycles. The summed E-state index contributed by atoms with van der Waals surface area (Å²) in [6, 6.07) is 5.45. The highest BCUT2D eigenvalue weighted by Gasteiger charge is 2.16. The van der Waals surface area contributed by atoms with Gasteiger partial charge in [-0.05, 0) is 18.2 Å². The number of nitrogens with one attached hydrogen (secondary N) is 2. The molecule has 110 valence electrons. The maximum atomic E-state index is 11.6. The van der Waals surface area contributed by atoms with Gasteiger partial charge in [0.2, 0.25) is 11.8 Å². The van der Waals surface area contributed by atoms with Gasteiger partial charge >= 0.3 is 0 Å². The van der Waals surface area contributed by atoms with E-state index in [0.29, 0.717) is 11.5 Å². The van der Waals surface area contributed by atoms with Crippen LogP contribution in [0.5, 0.6) is 5.75 Å². The van der Waals surface area contributed by atoms with Gasteiger partial charge in [0.1, 0.15) is 5.75 Å². The van der Waals surface area contributed by atoms with Gasteiger partial charge in [0.15, 0.2) is 0 Å². The molecule has 8 heteroatoms. The van der Waals surface area contributed by atoms with Crippen LogP contribution in [0.15, 0.2) is 32.9 Å². The van der Waals surface area contributed by atoms with Crippen molar-refractivity contribution in [3.63, 3.8) is 0 Å². The Kier molecular flexibility index (Phi) is 5.04. The monoisotopic (exact) mass is 352 g/mol. The predicted octanol–water partition coefficient (Wildman–Crippen LogP) is 1.17. The van der Waals surface area contributed by atoms with E-state index in [2.05, 4.69) is 37.0 Å². The molecule has 1 aliphatic heterocycles. The minimum Gasteiger partial charge on any atom is -0.496 e. The molecule has 0 unspecified atom stereocenters. The first-order valence-electron chi connectivity index (χ1n) is 6.08. The molecule has 0 fully saturated rings. The van der Waals surface area contributed by atoms with E-state index in [1.165, 1.54) is 6.21 Å². The minimum absolute atomic E-state index is 0.0334. The van der Waals surface area contributed by atoms with Gasteiger partial charge in [-0.1, -0.05) is 15.9 Å². The van der Waals surface area contributed by atoms with Crippen LogP contribution in [0.1, 0.15) is 18.4 Å². The number of benzene rings is 1. The van der Waals surface area contributed by atoms with E-state index in [1.807, 2.05) is 12.1 Å². The number of ether oxygens (including phenoxy) is 1. The molecule has 7 nitrogen and oxygen atoms in total. The van der Waals surface area contributed by atoms with Gasteiger partial charge in [0, 0.05) is 10.0 Å². The zero-order valence-corrected chi connectivity index (χ0v) is 12.8. The van der Waals surface area contributed by atoms with Crippen molar-refractivity contribution in [1.82, 2.24) is 10.9 Å². The van der Waals surface area contributed by atoms with Crippen LogP contribution in [0.25, 0.3) is 0 Å².